The molecule has 2 aromatic rings. The number of halogens is 1. The fraction of sp³-hybridized carbons (Fsp3) is 0.294. The summed E-state index contributed by atoms with van der Waals surface area (Å²) in [5.41, 5.74) is 3.26. The maximum Gasteiger partial charge on any atom is 0.123 e. The number of aliphatic hydroxyl groups is 1. The quantitative estimate of drug-likeness (QED) is 0.913. The Morgan fingerprint density at radius 1 is 1.29 bits per heavy atom. The molecule has 1 unspecified atom stereocenters. The highest BCUT2D eigenvalue weighted by atomic mass is 79.9. The van der Waals surface area contributed by atoms with Gasteiger partial charge in [-0.15, -0.1) is 0 Å². The van der Waals surface area contributed by atoms with Crippen molar-refractivity contribution in [2.24, 2.45) is 0 Å². The van der Waals surface area contributed by atoms with Gasteiger partial charge in [0.1, 0.15) is 5.75 Å². The number of nitrogens with zero attached hydrogens (tertiary/aromatic N) is 1. The molecule has 1 atom stereocenters. The predicted octanol–water partition coefficient (Wildman–Crippen LogP) is 3.90. The van der Waals surface area contributed by atoms with Crippen LogP contribution in [0.25, 0.3) is 0 Å². The van der Waals surface area contributed by atoms with E-state index in [0.717, 1.165) is 46.5 Å². The highest BCUT2D eigenvalue weighted by Gasteiger charge is 2.23. The lowest BCUT2D eigenvalue weighted by Crippen LogP contribution is -2.30. The van der Waals surface area contributed by atoms with E-state index in [0.29, 0.717) is 0 Å². The molecule has 0 spiro atoms. The summed E-state index contributed by atoms with van der Waals surface area (Å²) in [4.78, 5) is 2.30. The minimum absolute atomic E-state index is 0.359. The van der Waals surface area contributed by atoms with E-state index in [1.54, 1.807) is 7.11 Å². The van der Waals surface area contributed by atoms with Crippen molar-refractivity contribution in [3.63, 3.8) is 0 Å². The predicted molar refractivity (Wildman–Crippen MR) is 87.8 cm³/mol. The number of hydrogen-bond acceptors (Lipinski definition) is 3. The van der Waals surface area contributed by atoms with Crippen molar-refractivity contribution < 1.29 is 9.84 Å². The summed E-state index contributed by atoms with van der Waals surface area (Å²) in [5.74, 6) is 0.891. The van der Waals surface area contributed by atoms with Crippen LogP contribution < -0.4 is 9.64 Å². The topological polar surface area (TPSA) is 32.7 Å². The molecule has 1 heterocycles. The molecular formula is C17H18BrNO2. The van der Waals surface area contributed by atoms with Gasteiger partial charge in [-0.1, -0.05) is 34.1 Å². The van der Waals surface area contributed by atoms with Gasteiger partial charge in [0.25, 0.3) is 0 Å². The zero-order valence-corrected chi connectivity index (χ0v) is 13.5. The maximum absolute atomic E-state index is 10.1. The molecule has 0 aromatic heterocycles. The fourth-order valence-electron chi connectivity index (χ4n) is 2.85. The molecule has 0 saturated heterocycles. The zero-order valence-electron chi connectivity index (χ0n) is 11.9. The molecule has 1 aliphatic rings. The summed E-state index contributed by atoms with van der Waals surface area (Å²) in [6, 6.07) is 14.1. The normalized spacial score (nSPS) is 17.5. The molecule has 1 aliphatic heterocycles. The van der Waals surface area contributed by atoms with Crippen LogP contribution in [-0.4, -0.2) is 18.8 Å². The van der Waals surface area contributed by atoms with Gasteiger partial charge in [0.05, 0.1) is 13.2 Å². The van der Waals surface area contributed by atoms with E-state index in [1.165, 1.54) is 0 Å². The summed E-state index contributed by atoms with van der Waals surface area (Å²) in [5, 5.41) is 10.1. The third-order valence-corrected chi connectivity index (χ3v) is 4.41. The minimum Gasteiger partial charge on any atom is -0.496 e. The lowest BCUT2D eigenvalue weighted by Gasteiger charge is -2.34. The van der Waals surface area contributed by atoms with Crippen molar-refractivity contribution in [3.8, 4) is 5.75 Å². The Bertz CT molecular complexity index is 644. The van der Waals surface area contributed by atoms with Crippen LogP contribution in [0.2, 0.25) is 0 Å². The van der Waals surface area contributed by atoms with Crippen molar-refractivity contribution in [1.82, 2.24) is 0 Å². The first kappa shape index (κ1) is 14.4. The zero-order chi connectivity index (χ0) is 14.8. The van der Waals surface area contributed by atoms with Crippen LogP contribution in [0.15, 0.2) is 46.9 Å². The summed E-state index contributed by atoms with van der Waals surface area (Å²) in [7, 11) is 1.70. The molecule has 0 amide bonds. The SMILES string of the molecule is COc1ccc(Br)cc1CN1CCC(O)c2ccccc21. The van der Waals surface area contributed by atoms with E-state index in [2.05, 4.69) is 33.0 Å². The van der Waals surface area contributed by atoms with Gasteiger partial charge in [-0.25, -0.2) is 0 Å². The average Bonchev–Trinajstić information content (AvgIpc) is 2.51. The second-order valence-corrected chi connectivity index (χ2v) is 6.16. The number of para-hydroxylation sites is 1. The first-order valence-electron chi connectivity index (χ1n) is 7.03. The van der Waals surface area contributed by atoms with E-state index in [4.69, 9.17) is 4.74 Å². The van der Waals surface area contributed by atoms with Crippen molar-refractivity contribution >= 4 is 21.6 Å². The van der Waals surface area contributed by atoms with E-state index in [1.807, 2.05) is 30.3 Å². The van der Waals surface area contributed by atoms with Gasteiger partial charge in [0, 0.05) is 34.4 Å². The van der Waals surface area contributed by atoms with Gasteiger partial charge >= 0.3 is 0 Å². The number of anilines is 1. The number of ether oxygens (including phenoxy) is 1. The number of hydrogen-bond donors (Lipinski definition) is 1. The van der Waals surface area contributed by atoms with Crippen molar-refractivity contribution in [2.45, 2.75) is 19.1 Å². The van der Waals surface area contributed by atoms with E-state index in [-0.39, 0.29) is 6.10 Å². The van der Waals surface area contributed by atoms with Crippen LogP contribution in [-0.2, 0) is 6.54 Å². The molecule has 110 valence electrons. The first-order chi connectivity index (χ1) is 10.2. The summed E-state index contributed by atoms with van der Waals surface area (Å²) in [6.07, 6.45) is 0.398. The number of benzene rings is 2. The van der Waals surface area contributed by atoms with E-state index >= 15 is 0 Å². The number of aliphatic hydroxyl groups excluding tert-OH is 1. The standard InChI is InChI=1S/C17H18BrNO2/c1-21-17-7-6-13(18)10-12(17)11-19-9-8-16(20)14-4-2-3-5-15(14)19/h2-7,10,16,20H,8-9,11H2,1H3. The van der Waals surface area contributed by atoms with Crippen LogP contribution >= 0.6 is 15.9 Å². The molecule has 0 saturated carbocycles. The van der Waals surface area contributed by atoms with Crippen molar-refractivity contribution in [2.75, 3.05) is 18.6 Å². The highest BCUT2D eigenvalue weighted by Crippen LogP contribution is 2.35. The van der Waals surface area contributed by atoms with Crippen molar-refractivity contribution in [3.05, 3.63) is 58.1 Å². The molecule has 3 rings (SSSR count). The van der Waals surface area contributed by atoms with Gasteiger partial charge in [0.2, 0.25) is 0 Å². The molecule has 0 radical (unpaired) electrons. The van der Waals surface area contributed by atoms with Crippen LogP contribution in [0.4, 0.5) is 5.69 Å². The van der Waals surface area contributed by atoms with Crippen molar-refractivity contribution in [1.29, 1.82) is 0 Å². The molecule has 1 N–H and O–H groups in total. The molecular weight excluding hydrogens is 330 g/mol. The summed E-state index contributed by atoms with van der Waals surface area (Å²) < 4.78 is 6.50. The molecule has 0 aliphatic carbocycles. The van der Waals surface area contributed by atoms with Gasteiger partial charge in [-0.05, 0) is 30.7 Å². The van der Waals surface area contributed by atoms with Crippen LogP contribution in [0.3, 0.4) is 0 Å². The van der Waals surface area contributed by atoms with Gasteiger partial charge in [0.15, 0.2) is 0 Å². The molecule has 21 heavy (non-hydrogen) atoms. The Morgan fingerprint density at radius 3 is 2.90 bits per heavy atom. The summed E-state index contributed by atoms with van der Waals surface area (Å²) >= 11 is 3.52. The third kappa shape index (κ3) is 2.92. The smallest absolute Gasteiger partial charge is 0.123 e. The lowest BCUT2D eigenvalue weighted by atomic mass is 9.98. The second kappa shape index (κ2) is 6.08. The Morgan fingerprint density at radius 2 is 2.10 bits per heavy atom. The molecule has 0 bridgehead atoms. The minimum atomic E-state index is -0.359. The van der Waals surface area contributed by atoms with E-state index in [9.17, 15) is 5.11 Å². The van der Waals surface area contributed by atoms with Gasteiger partial charge < -0.3 is 14.7 Å². The van der Waals surface area contributed by atoms with Crippen LogP contribution in [0, 0.1) is 0 Å². The Balaban J connectivity index is 1.93. The molecule has 4 heteroatoms. The molecule has 2 aromatic carbocycles. The Labute approximate surface area is 133 Å². The Kier molecular flexibility index (Phi) is 4.17. The summed E-state index contributed by atoms with van der Waals surface area (Å²) in [6.45, 7) is 1.61. The number of methoxy groups -OCH3 is 1. The average molecular weight is 348 g/mol. The van der Waals surface area contributed by atoms with E-state index < -0.39 is 0 Å². The Hall–Kier alpha value is -1.52. The lowest BCUT2D eigenvalue weighted by molar-refractivity contribution is 0.164. The van der Waals surface area contributed by atoms with Gasteiger partial charge in [-0.3, -0.25) is 0 Å². The maximum atomic E-state index is 10.1. The second-order valence-electron chi connectivity index (χ2n) is 5.24. The highest BCUT2D eigenvalue weighted by molar-refractivity contribution is 9.10. The van der Waals surface area contributed by atoms with Crippen LogP contribution in [0.5, 0.6) is 5.75 Å². The first-order valence-corrected chi connectivity index (χ1v) is 7.82. The molecule has 0 fully saturated rings. The fourth-order valence-corrected chi connectivity index (χ4v) is 3.26. The van der Waals surface area contributed by atoms with Crippen LogP contribution in [0.1, 0.15) is 23.7 Å². The number of rotatable bonds is 3. The third-order valence-electron chi connectivity index (χ3n) is 3.91. The largest absolute Gasteiger partial charge is 0.496 e. The number of fused-ring (bicyclic) bond motifs is 1. The van der Waals surface area contributed by atoms with Gasteiger partial charge in [-0.2, -0.15) is 0 Å². The molecule has 3 nitrogen and oxygen atoms in total. The monoisotopic (exact) mass is 347 g/mol.